The maximum Gasteiger partial charge on any atom is 0.271 e. The van der Waals surface area contributed by atoms with Crippen molar-refractivity contribution in [3.8, 4) is 11.9 Å². The topological polar surface area (TPSA) is 83.1 Å². The molecule has 5 heteroatoms. The van der Waals surface area contributed by atoms with Gasteiger partial charge in [0.25, 0.3) is 5.56 Å². The standard InChI is InChI=1S/C16H22N2O3/c1-9(2)6-13(19)14-11(5)12(7-17)15(20)18(16(14)21)8-10(3)4/h9-10,21H,6,8H2,1-5H3. The van der Waals surface area contributed by atoms with Gasteiger partial charge in [-0.3, -0.25) is 14.2 Å². The molecular formula is C16H22N2O3. The van der Waals surface area contributed by atoms with E-state index in [0.717, 1.165) is 4.57 Å². The lowest BCUT2D eigenvalue weighted by Crippen LogP contribution is -2.28. The van der Waals surface area contributed by atoms with E-state index in [0.29, 0.717) is 0 Å². The van der Waals surface area contributed by atoms with Gasteiger partial charge in [0.15, 0.2) is 5.78 Å². The van der Waals surface area contributed by atoms with E-state index in [4.69, 9.17) is 0 Å². The summed E-state index contributed by atoms with van der Waals surface area (Å²) in [4.78, 5) is 24.6. The van der Waals surface area contributed by atoms with Crippen LogP contribution < -0.4 is 5.56 Å². The first-order chi connectivity index (χ1) is 9.70. The van der Waals surface area contributed by atoms with Crippen molar-refractivity contribution in [2.45, 2.75) is 47.6 Å². The summed E-state index contributed by atoms with van der Waals surface area (Å²) < 4.78 is 1.13. The van der Waals surface area contributed by atoms with Crippen LogP contribution in [0.3, 0.4) is 0 Å². The van der Waals surface area contributed by atoms with Crippen LogP contribution in [-0.4, -0.2) is 15.5 Å². The SMILES string of the molecule is Cc1c(C(=O)CC(C)C)c(O)n(CC(C)C)c(=O)c1C#N. The summed E-state index contributed by atoms with van der Waals surface area (Å²) in [5, 5.41) is 19.5. The molecular weight excluding hydrogens is 268 g/mol. The third kappa shape index (κ3) is 3.52. The fourth-order valence-corrected chi connectivity index (χ4v) is 2.29. The number of hydrogen-bond donors (Lipinski definition) is 1. The highest BCUT2D eigenvalue weighted by molar-refractivity contribution is 6.00. The number of nitrogens with zero attached hydrogens (tertiary/aromatic N) is 2. The minimum absolute atomic E-state index is 0.0689. The molecule has 114 valence electrons. The van der Waals surface area contributed by atoms with Crippen molar-refractivity contribution in [2.75, 3.05) is 0 Å². The van der Waals surface area contributed by atoms with Crippen LogP contribution >= 0.6 is 0 Å². The number of Topliss-reactive ketones (excluding diaryl/α,β-unsaturated/α-hetero) is 1. The number of carbonyl (C=O) groups excluding carboxylic acids is 1. The van der Waals surface area contributed by atoms with Gasteiger partial charge < -0.3 is 5.11 Å². The molecule has 0 saturated carbocycles. The molecule has 1 aromatic rings. The minimum Gasteiger partial charge on any atom is -0.494 e. The van der Waals surface area contributed by atoms with Crippen molar-refractivity contribution in [3.05, 3.63) is 27.0 Å². The molecule has 0 unspecified atom stereocenters. The van der Waals surface area contributed by atoms with E-state index in [1.807, 2.05) is 33.8 Å². The monoisotopic (exact) mass is 290 g/mol. The van der Waals surface area contributed by atoms with Gasteiger partial charge in [0.2, 0.25) is 5.88 Å². The fourth-order valence-electron chi connectivity index (χ4n) is 2.29. The lowest BCUT2D eigenvalue weighted by atomic mass is 9.96. The molecule has 0 fully saturated rings. The van der Waals surface area contributed by atoms with Crippen LogP contribution in [0.4, 0.5) is 0 Å². The first-order valence-electron chi connectivity index (χ1n) is 7.10. The molecule has 5 nitrogen and oxygen atoms in total. The lowest BCUT2D eigenvalue weighted by Gasteiger charge is -2.17. The maximum absolute atomic E-state index is 12.3. The zero-order valence-corrected chi connectivity index (χ0v) is 13.2. The third-order valence-electron chi connectivity index (χ3n) is 3.22. The second kappa shape index (κ2) is 6.57. The average Bonchev–Trinajstić information content (AvgIpc) is 2.34. The summed E-state index contributed by atoms with van der Waals surface area (Å²) in [6, 6.07) is 1.86. The van der Waals surface area contributed by atoms with Crippen molar-refractivity contribution in [3.63, 3.8) is 0 Å². The summed E-state index contributed by atoms with van der Waals surface area (Å²) in [5.41, 5.74) is -0.242. The predicted molar refractivity (Wildman–Crippen MR) is 80.4 cm³/mol. The van der Waals surface area contributed by atoms with E-state index in [1.54, 1.807) is 0 Å². The van der Waals surface area contributed by atoms with Crippen molar-refractivity contribution in [2.24, 2.45) is 11.8 Å². The molecule has 0 aliphatic rings. The van der Waals surface area contributed by atoms with Crippen LogP contribution in [0.2, 0.25) is 0 Å². The molecule has 0 spiro atoms. The molecule has 0 aliphatic carbocycles. The minimum atomic E-state index is -0.540. The van der Waals surface area contributed by atoms with Gasteiger partial charge >= 0.3 is 0 Å². The summed E-state index contributed by atoms with van der Waals surface area (Å²) in [6.07, 6.45) is 0.263. The Hall–Kier alpha value is -2.09. The van der Waals surface area contributed by atoms with Gasteiger partial charge in [0.05, 0.1) is 5.56 Å². The highest BCUT2D eigenvalue weighted by Crippen LogP contribution is 2.25. The van der Waals surface area contributed by atoms with Crippen molar-refractivity contribution in [1.29, 1.82) is 5.26 Å². The summed E-state index contributed by atoms with van der Waals surface area (Å²) >= 11 is 0. The van der Waals surface area contributed by atoms with Crippen LogP contribution in [0.15, 0.2) is 4.79 Å². The van der Waals surface area contributed by atoms with Gasteiger partial charge in [-0.2, -0.15) is 5.26 Å². The summed E-state index contributed by atoms with van der Waals surface area (Å²) in [5.74, 6) is -0.326. The van der Waals surface area contributed by atoms with Crippen LogP contribution in [0, 0.1) is 30.1 Å². The van der Waals surface area contributed by atoms with E-state index in [1.165, 1.54) is 6.92 Å². The van der Waals surface area contributed by atoms with E-state index in [9.17, 15) is 20.0 Å². The zero-order chi connectivity index (χ0) is 16.3. The molecule has 0 amide bonds. The molecule has 21 heavy (non-hydrogen) atoms. The largest absolute Gasteiger partial charge is 0.494 e. The van der Waals surface area contributed by atoms with Crippen molar-refractivity contribution < 1.29 is 9.90 Å². The second-order valence-corrected chi connectivity index (χ2v) is 6.14. The number of rotatable bonds is 5. The maximum atomic E-state index is 12.3. The number of aromatic hydroxyl groups is 1. The Morgan fingerprint density at radius 3 is 2.29 bits per heavy atom. The van der Waals surface area contributed by atoms with Crippen LogP contribution in [0.25, 0.3) is 0 Å². The molecule has 1 N–H and O–H groups in total. The second-order valence-electron chi connectivity index (χ2n) is 6.14. The lowest BCUT2D eigenvalue weighted by molar-refractivity contribution is 0.0962. The molecule has 0 aliphatic heterocycles. The van der Waals surface area contributed by atoms with Crippen LogP contribution in [0.5, 0.6) is 5.88 Å². The number of pyridine rings is 1. The molecule has 0 radical (unpaired) electrons. The molecule has 0 bridgehead atoms. The Kier molecular flexibility index (Phi) is 5.31. The highest BCUT2D eigenvalue weighted by atomic mass is 16.3. The highest BCUT2D eigenvalue weighted by Gasteiger charge is 2.24. The number of ketones is 1. The Labute approximate surface area is 124 Å². The molecule has 0 saturated heterocycles. The summed E-state index contributed by atoms with van der Waals surface area (Å²) in [6.45, 7) is 9.40. The first-order valence-corrected chi connectivity index (χ1v) is 7.10. The molecule has 1 heterocycles. The summed E-state index contributed by atoms with van der Waals surface area (Å²) in [7, 11) is 0. The van der Waals surface area contributed by atoms with E-state index >= 15 is 0 Å². The van der Waals surface area contributed by atoms with Crippen molar-refractivity contribution in [1.82, 2.24) is 4.57 Å². The first kappa shape index (κ1) is 17.0. The average molecular weight is 290 g/mol. The predicted octanol–water partition coefficient (Wildman–Crippen LogP) is 2.62. The van der Waals surface area contributed by atoms with E-state index < -0.39 is 5.56 Å². The molecule has 1 aromatic heterocycles. The van der Waals surface area contributed by atoms with E-state index in [-0.39, 0.29) is 53.2 Å². The van der Waals surface area contributed by atoms with Crippen molar-refractivity contribution >= 4 is 5.78 Å². The Bertz CT molecular complexity index is 649. The number of aromatic nitrogens is 1. The Morgan fingerprint density at radius 2 is 1.86 bits per heavy atom. The number of carbonyl (C=O) groups is 1. The zero-order valence-electron chi connectivity index (χ0n) is 13.2. The van der Waals surface area contributed by atoms with Gasteiger partial charge in [0.1, 0.15) is 11.6 Å². The molecule has 0 aromatic carbocycles. The third-order valence-corrected chi connectivity index (χ3v) is 3.22. The van der Waals surface area contributed by atoms with E-state index in [2.05, 4.69) is 0 Å². The van der Waals surface area contributed by atoms with Gasteiger partial charge in [-0.1, -0.05) is 27.7 Å². The van der Waals surface area contributed by atoms with Gasteiger partial charge in [-0.25, -0.2) is 0 Å². The van der Waals surface area contributed by atoms with Crippen LogP contribution in [-0.2, 0) is 6.54 Å². The smallest absolute Gasteiger partial charge is 0.271 e. The van der Waals surface area contributed by atoms with Crippen LogP contribution in [0.1, 0.15) is 55.6 Å². The molecule has 1 rings (SSSR count). The molecule has 0 atom stereocenters. The Morgan fingerprint density at radius 1 is 1.29 bits per heavy atom. The van der Waals surface area contributed by atoms with Gasteiger partial charge in [-0.05, 0) is 24.3 Å². The van der Waals surface area contributed by atoms with Gasteiger partial charge in [-0.15, -0.1) is 0 Å². The van der Waals surface area contributed by atoms with Gasteiger partial charge in [0, 0.05) is 13.0 Å². The quantitative estimate of drug-likeness (QED) is 0.845. The normalized spacial score (nSPS) is 11.0. The number of hydrogen-bond acceptors (Lipinski definition) is 4. The number of nitriles is 1. The Balaban J connectivity index is 3.61. The fraction of sp³-hybridized carbons (Fsp3) is 0.562.